The quantitative estimate of drug-likeness (QED) is 0.880. The summed E-state index contributed by atoms with van der Waals surface area (Å²) in [7, 11) is 0. The molecule has 0 aliphatic heterocycles. The molecule has 4 heteroatoms. The molecule has 0 saturated carbocycles. The summed E-state index contributed by atoms with van der Waals surface area (Å²) in [5.74, 6) is -0.821. The van der Waals surface area contributed by atoms with Crippen LogP contribution in [0.25, 0.3) is 10.9 Å². The van der Waals surface area contributed by atoms with Crippen molar-refractivity contribution in [3.05, 3.63) is 47.1 Å². The molecule has 0 bridgehead atoms. The predicted octanol–water partition coefficient (Wildman–Crippen LogP) is 3.22. The maximum absolute atomic E-state index is 10.8. The van der Waals surface area contributed by atoms with E-state index in [9.17, 15) is 4.79 Å². The number of allylic oxidation sites excluding steroid dienone is 1. The first kappa shape index (κ1) is 11.9. The summed E-state index contributed by atoms with van der Waals surface area (Å²) < 4.78 is 2.93. The molecular formula is C13H12BrNO2. The molecule has 17 heavy (non-hydrogen) atoms. The fraction of sp³-hybridized carbons (Fsp3) is 0.154. The minimum Gasteiger partial charge on any atom is -0.481 e. The van der Waals surface area contributed by atoms with Gasteiger partial charge in [-0.05, 0) is 17.7 Å². The predicted molar refractivity (Wildman–Crippen MR) is 71.2 cm³/mol. The van der Waals surface area contributed by atoms with Crippen molar-refractivity contribution < 1.29 is 9.90 Å². The van der Waals surface area contributed by atoms with Crippen LogP contribution in [0.1, 0.15) is 5.56 Å². The molecule has 0 saturated heterocycles. The van der Waals surface area contributed by atoms with E-state index >= 15 is 0 Å². The Hall–Kier alpha value is -1.55. The molecule has 88 valence electrons. The summed E-state index contributed by atoms with van der Waals surface area (Å²) in [5.41, 5.74) is 1.84. The molecule has 1 aromatic heterocycles. The van der Waals surface area contributed by atoms with Gasteiger partial charge in [0.15, 0.2) is 0 Å². The normalized spacial score (nSPS) is 10.6. The molecular weight excluding hydrogens is 282 g/mol. The molecule has 2 aromatic rings. The molecule has 1 N–H and O–H groups in total. The highest BCUT2D eigenvalue weighted by Gasteiger charge is 2.12. The highest BCUT2D eigenvalue weighted by molar-refractivity contribution is 9.10. The zero-order valence-electron chi connectivity index (χ0n) is 9.19. The van der Waals surface area contributed by atoms with Crippen molar-refractivity contribution in [1.29, 1.82) is 0 Å². The van der Waals surface area contributed by atoms with Crippen LogP contribution in [-0.4, -0.2) is 15.6 Å². The molecule has 0 unspecified atom stereocenters. The molecule has 0 fully saturated rings. The van der Waals surface area contributed by atoms with E-state index in [1.54, 1.807) is 6.08 Å². The Morgan fingerprint density at radius 3 is 2.94 bits per heavy atom. The average Bonchev–Trinajstić information content (AvgIpc) is 2.58. The number of halogens is 1. The van der Waals surface area contributed by atoms with E-state index in [0.29, 0.717) is 6.54 Å². The second-order valence-corrected chi connectivity index (χ2v) is 4.65. The summed E-state index contributed by atoms with van der Waals surface area (Å²) in [6, 6.07) is 5.84. The SMILES string of the molecule is C=CCn1cc(CC(=O)O)c2c(Br)cccc21. The van der Waals surface area contributed by atoms with Gasteiger partial charge in [0.1, 0.15) is 0 Å². The lowest BCUT2D eigenvalue weighted by molar-refractivity contribution is -0.136. The van der Waals surface area contributed by atoms with Crippen LogP contribution < -0.4 is 0 Å². The molecule has 0 aliphatic carbocycles. The van der Waals surface area contributed by atoms with Crippen LogP contribution in [0.5, 0.6) is 0 Å². The third kappa shape index (κ3) is 2.26. The average molecular weight is 294 g/mol. The van der Waals surface area contributed by atoms with Crippen molar-refractivity contribution in [1.82, 2.24) is 4.57 Å². The fourth-order valence-electron chi connectivity index (χ4n) is 1.98. The van der Waals surface area contributed by atoms with Gasteiger partial charge in [-0.25, -0.2) is 0 Å². The van der Waals surface area contributed by atoms with Crippen molar-refractivity contribution >= 4 is 32.8 Å². The number of hydrogen-bond donors (Lipinski definition) is 1. The Bertz CT molecular complexity index is 586. The van der Waals surface area contributed by atoms with Crippen molar-refractivity contribution in [2.75, 3.05) is 0 Å². The standard InChI is InChI=1S/C13H12BrNO2/c1-2-6-15-8-9(7-12(16)17)13-10(14)4-3-5-11(13)15/h2-5,8H,1,6-7H2,(H,16,17). The van der Waals surface area contributed by atoms with E-state index in [1.165, 1.54) is 0 Å². The van der Waals surface area contributed by atoms with Gasteiger partial charge in [0, 0.05) is 28.1 Å². The highest BCUT2D eigenvalue weighted by Crippen LogP contribution is 2.29. The summed E-state index contributed by atoms with van der Waals surface area (Å²) in [6.07, 6.45) is 3.71. The van der Waals surface area contributed by atoms with Gasteiger partial charge in [-0.1, -0.05) is 28.1 Å². The zero-order chi connectivity index (χ0) is 12.4. The molecule has 0 radical (unpaired) electrons. The Kier molecular flexibility index (Phi) is 3.33. The third-order valence-corrected chi connectivity index (χ3v) is 3.26. The summed E-state index contributed by atoms with van der Waals surface area (Å²) in [5, 5.41) is 9.88. The monoisotopic (exact) mass is 293 g/mol. The van der Waals surface area contributed by atoms with E-state index in [4.69, 9.17) is 5.11 Å². The van der Waals surface area contributed by atoms with Gasteiger partial charge in [-0.2, -0.15) is 0 Å². The van der Waals surface area contributed by atoms with Crippen LogP contribution in [0.3, 0.4) is 0 Å². The molecule has 0 atom stereocenters. The number of hydrogen-bond acceptors (Lipinski definition) is 1. The van der Waals surface area contributed by atoms with Crippen LogP contribution >= 0.6 is 15.9 Å². The summed E-state index contributed by atoms with van der Waals surface area (Å²) in [6.45, 7) is 4.38. The van der Waals surface area contributed by atoms with Crippen LogP contribution in [0.4, 0.5) is 0 Å². The van der Waals surface area contributed by atoms with E-state index in [-0.39, 0.29) is 6.42 Å². The number of nitrogens with zero attached hydrogens (tertiary/aromatic N) is 1. The summed E-state index contributed by atoms with van der Waals surface area (Å²) >= 11 is 3.47. The third-order valence-electron chi connectivity index (χ3n) is 2.60. The Morgan fingerprint density at radius 2 is 2.29 bits per heavy atom. The van der Waals surface area contributed by atoms with E-state index in [1.807, 2.05) is 29.0 Å². The van der Waals surface area contributed by atoms with Gasteiger partial charge in [-0.3, -0.25) is 4.79 Å². The molecule has 0 aliphatic rings. The van der Waals surface area contributed by atoms with Gasteiger partial charge in [0.25, 0.3) is 0 Å². The molecule has 1 aromatic carbocycles. The van der Waals surface area contributed by atoms with Crippen molar-refractivity contribution in [2.45, 2.75) is 13.0 Å². The summed E-state index contributed by atoms with van der Waals surface area (Å²) in [4.78, 5) is 10.8. The lowest BCUT2D eigenvalue weighted by atomic mass is 10.1. The molecule has 3 nitrogen and oxygen atoms in total. The van der Waals surface area contributed by atoms with Crippen LogP contribution in [0.15, 0.2) is 41.5 Å². The molecule has 1 heterocycles. The Labute approximate surface area is 107 Å². The molecule has 0 amide bonds. The first-order chi connectivity index (χ1) is 8.13. The number of aromatic nitrogens is 1. The second kappa shape index (κ2) is 4.75. The topological polar surface area (TPSA) is 42.2 Å². The van der Waals surface area contributed by atoms with E-state index in [0.717, 1.165) is 20.9 Å². The highest BCUT2D eigenvalue weighted by atomic mass is 79.9. The number of fused-ring (bicyclic) bond motifs is 1. The smallest absolute Gasteiger partial charge is 0.307 e. The van der Waals surface area contributed by atoms with Gasteiger partial charge in [0.05, 0.1) is 6.42 Å². The minimum absolute atomic E-state index is 0.0310. The number of aliphatic carboxylic acids is 1. The number of carboxylic acid groups (broad SMARTS) is 1. The fourth-order valence-corrected chi connectivity index (χ4v) is 2.59. The van der Waals surface area contributed by atoms with Crippen LogP contribution in [-0.2, 0) is 17.8 Å². The largest absolute Gasteiger partial charge is 0.481 e. The first-order valence-corrected chi connectivity index (χ1v) is 6.01. The van der Waals surface area contributed by atoms with Crippen LogP contribution in [0, 0.1) is 0 Å². The molecule has 0 spiro atoms. The second-order valence-electron chi connectivity index (χ2n) is 3.80. The Morgan fingerprint density at radius 1 is 1.53 bits per heavy atom. The lowest BCUT2D eigenvalue weighted by Crippen LogP contribution is -1.99. The van der Waals surface area contributed by atoms with Gasteiger partial charge >= 0.3 is 5.97 Å². The van der Waals surface area contributed by atoms with Gasteiger partial charge in [0.2, 0.25) is 0 Å². The number of rotatable bonds is 4. The van der Waals surface area contributed by atoms with E-state index < -0.39 is 5.97 Å². The van der Waals surface area contributed by atoms with Crippen molar-refractivity contribution in [3.8, 4) is 0 Å². The number of benzene rings is 1. The van der Waals surface area contributed by atoms with Gasteiger partial charge < -0.3 is 9.67 Å². The Balaban J connectivity index is 2.66. The molecule has 2 rings (SSSR count). The number of carboxylic acids is 1. The van der Waals surface area contributed by atoms with Crippen molar-refractivity contribution in [3.63, 3.8) is 0 Å². The van der Waals surface area contributed by atoms with Crippen LogP contribution in [0.2, 0.25) is 0 Å². The minimum atomic E-state index is -0.821. The maximum atomic E-state index is 10.8. The first-order valence-electron chi connectivity index (χ1n) is 5.22. The van der Waals surface area contributed by atoms with E-state index in [2.05, 4.69) is 22.5 Å². The van der Waals surface area contributed by atoms with Gasteiger partial charge in [-0.15, -0.1) is 6.58 Å². The van der Waals surface area contributed by atoms with Crippen molar-refractivity contribution in [2.24, 2.45) is 0 Å². The maximum Gasteiger partial charge on any atom is 0.307 e. The zero-order valence-corrected chi connectivity index (χ0v) is 10.8. The number of carbonyl (C=O) groups is 1. The lowest BCUT2D eigenvalue weighted by Gasteiger charge is -2.01.